The maximum atomic E-state index is 12.8. The summed E-state index contributed by atoms with van der Waals surface area (Å²) in [6.07, 6.45) is 5.70. The van der Waals surface area contributed by atoms with Gasteiger partial charge < -0.3 is 20.7 Å². The Kier molecular flexibility index (Phi) is 9.18. The molecule has 0 saturated carbocycles. The normalized spacial score (nSPS) is 10.4. The lowest BCUT2D eigenvalue weighted by atomic mass is 10.1. The number of hydrogen-bond donors (Lipinski definition) is 4. The number of carbonyl (C=O) groups is 2. The first-order valence-corrected chi connectivity index (χ1v) is 11.5. The van der Waals surface area contributed by atoms with Crippen molar-refractivity contribution in [1.29, 1.82) is 0 Å². The van der Waals surface area contributed by atoms with Crippen LogP contribution in [0.1, 0.15) is 23.7 Å². The van der Waals surface area contributed by atoms with Crippen molar-refractivity contribution in [3.63, 3.8) is 0 Å². The van der Waals surface area contributed by atoms with E-state index in [-0.39, 0.29) is 30.4 Å². The van der Waals surface area contributed by atoms with Crippen LogP contribution >= 0.6 is 11.6 Å². The van der Waals surface area contributed by atoms with Gasteiger partial charge in [0, 0.05) is 49.7 Å². The molecule has 0 aliphatic carbocycles. The van der Waals surface area contributed by atoms with E-state index in [1.165, 1.54) is 10.1 Å². The maximum absolute atomic E-state index is 12.8. The van der Waals surface area contributed by atoms with E-state index in [1.807, 2.05) is 36.4 Å². The molecule has 1 aromatic carbocycles. The molecule has 188 valence electrons. The summed E-state index contributed by atoms with van der Waals surface area (Å²) in [6, 6.07) is 11.9. The number of anilines is 1. The van der Waals surface area contributed by atoms with Crippen LogP contribution in [0.4, 0.5) is 5.82 Å². The van der Waals surface area contributed by atoms with Gasteiger partial charge in [-0.3, -0.25) is 19.0 Å². The number of aliphatic carboxylic acids is 1. The summed E-state index contributed by atoms with van der Waals surface area (Å²) in [5.41, 5.74) is 2.96. The molecule has 0 aliphatic rings. The zero-order valence-corrected chi connectivity index (χ0v) is 20.7. The van der Waals surface area contributed by atoms with Gasteiger partial charge in [0.1, 0.15) is 12.2 Å². The number of carboxylic acids is 1. The number of carbonyl (C=O) groups excluding carboxylic acids is 1. The second-order valence-electron chi connectivity index (χ2n) is 7.97. The Labute approximate surface area is 212 Å². The quantitative estimate of drug-likeness (QED) is 0.285. The van der Waals surface area contributed by atoms with Gasteiger partial charge in [-0.25, -0.2) is 9.97 Å². The fraction of sp³-hybridized carbons (Fsp3) is 0.240. The molecule has 0 saturated heterocycles. The fourth-order valence-corrected chi connectivity index (χ4v) is 3.57. The van der Waals surface area contributed by atoms with Crippen molar-refractivity contribution in [2.75, 3.05) is 11.9 Å². The largest absolute Gasteiger partial charge is 0.481 e. The number of aromatic nitrogens is 4. The van der Waals surface area contributed by atoms with Gasteiger partial charge in [-0.15, -0.1) is 0 Å². The van der Waals surface area contributed by atoms with Crippen LogP contribution in [-0.4, -0.2) is 43.0 Å². The molecule has 3 heterocycles. The Morgan fingerprint density at radius 3 is 2.58 bits per heavy atom. The van der Waals surface area contributed by atoms with Crippen LogP contribution in [0.3, 0.4) is 0 Å². The molecular formula is C25H27ClN6O4. The number of halogens is 1. The Hall–Kier alpha value is -4.18. The van der Waals surface area contributed by atoms with Crippen molar-refractivity contribution < 1.29 is 14.7 Å². The van der Waals surface area contributed by atoms with E-state index in [2.05, 4.69) is 25.6 Å². The van der Waals surface area contributed by atoms with Gasteiger partial charge in [-0.05, 0) is 30.5 Å². The molecule has 4 aromatic rings. The Balaban J connectivity index is 0.000000840. The highest BCUT2D eigenvalue weighted by molar-refractivity contribution is 6.35. The molecule has 11 heteroatoms. The number of amides is 1. The number of H-pyrrole nitrogens is 1. The van der Waals surface area contributed by atoms with Crippen LogP contribution in [0, 0.1) is 6.92 Å². The molecule has 0 spiro atoms. The predicted octanol–water partition coefficient (Wildman–Crippen LogP) is 3.14. The van der Waals surface area contributed by atoms with E-state index in [9.17, 15) is 9.59 Å². The van der Waals surface area contributed by atoms with Gasteiger partial charge in [0.15, 0.2) is 5.82 Å². The highest BCUT2D eigenvalue weighted by Gasteiger charge is 2.12. The highest BCUT2D eigenvalue weighted by atomic mass is 35.5. The lowest BCUT2D eigenvalue weighted by molar-refractivity contribution is -0.134. The number of nitrogens with one attached hydrogen (secondary N) is 3. The van der Waals surface area contributed by atoms with E-state index < -0.39 is 5.97 Å². The lowest BCUT2D eigenvalue weighted by Gasteiger charge is -2.12. The van der Waals surface area contributed by atoms with Crippen molar-refractivity contribution in [2.45, 2.75) is 33.4 Å². The zero-order valence-electron chi connectivity index (χ0n) is 19.9. The number of carboxylic acid groups (broad SMARTS) is 1. The average Bonchev–Trinajstić information content (AvgIpc) is 3.22. The number of benzene rings is 1. The molecule has 0 bridgehead atoms. The van der Waals surface area contributed by atoms with Crippen molar-refractivity contribution in [3.8, 4) is 0 Å². The number of pyridine rings is 1. The smallest absolute Gasteiger partial charge is 0.300 e. The monoisotopic (exact) mass is 510 g/mol. The molecule has 36 heavy (non-hydrogen) atoms. The highest BCUT2D eigenvalue weighted by Crippen LogP contribution is 2.21. The molecule has 0 fully saturated rings. The number of nitrogens with zero attached hydrogens (tertiary/aromatic N) is 3. The minimum Gasteiger partial charge on any atom is -0.481 e. The van der Waals surface area contributed by atoms with Crippen molar-refractivity contribution >= 4 is 40.3 Å². The first kappa shape index (κ1) is 26.4. The predicted molar refractivity (Wildman–Crippen MR) is 138 cm³/mol. The SMILES string of the molecule is CC(=O)O.Cc1cnc(NCCc2ccccc2)c(=O)n1CC(=O)NCc1cnc2[nH]cc(Cl)c2c1. The number of aromatic amines is 1. The lowest BCUT2D eigenvalue weighted by Crippen LogP contribution is -2.34. The number of aryl methyl sites for hydroxylation is 1. The van der Waals surface area contributed by atoms with E-state index in [0.29, 0.717) is 22.9 Å². The Bertz CT molecular complexity index is 1400. The minimum absolute atomic E-state index is 0.0961. The summed E-state index contributed by atoms with van der Waals surface area (Å²) >= 11 is 6.13. The van der Waals surface area contributed by atoms with Gasteiger partial charge in [0.2, 0.25) is 5.91 Å². The van der Waals surface area contributed by atoms with Gasteiger partial charge in [-0.2, -0.15) is 0 Å². The van der Waals surface area contributed by atoms with Crippen molar-refractivity contribution in [1.82, 2.24) is 24.8 Å². The summed E-state index contributed by atoms with van der Waals surface area (Å²) < 4.78 is 1.41. The maximum Gasteiger partial charge on any atom is 0.300 e. The molecule has 0 unspecified atom stereocenters. The van der Waals surface area contributed by atoms with Gasteiger partial charge >= 0.3 is 0 Å². The third-order valence-corrected chi connectivity index (χ3v) is 5.44. The minimum atomic E-state index is -0.833. The van der Waals surface area contributed by atoms with Crippen molar-refractivity contribution in [2.24, 2.45) is 0 Å². The first-order chi connectivity index (χ1) is 17.2. The molecule has 4 N–H and O–H groups in total. The van der Waals surface area contributed by atoms with Gasteiger partial charge in [0.05, 0.1) is 5.02 Å². The summed E-state index contributed by atoms with van der Waals surface area (Å²) in [6.45, 7) is 3.59. The Morgan fingerprint density at radius 1 is 1.14 bits per heavy atom. The van der Waals surface area contributed by atoms with E-state index >= 15 is 0 Å². The second-order valence-corrected chi connectivity index (χ2v) is 8.38. The number of hydrogen-bond acceptors (Lipinski definition) is 6. The molecule has 0 atom stereocenters. The molecule has 3 aromatic heterocycles. The summed E-state index contributed by atoms with van der Waals surface area (Å²) in [7, 11) is 0. The molecule has 0 radical (unpaired) electrons. The first-order valence-electron chi connectivity index (χ1n) is 11.2. The summed E-state index contributed by atoms with van der Waals surface area (Å²) in [5, 5.41) is 14.7. The molecular weight excluding hydrogens is 484 g/mol. The van der Waals surface area contributed by atoms with E-state index in [1.54, 1.807) is 25.5 Å². The van der Waals surface area contributed by atoms with Crippen LogP contribution < -0.4 is 16.2 Å². The average molecular weight is 511 g/mol. The molecule has 1 amide bonds. The molecule has 10 nitrogen and oxygen atoms in total. The third kappa shape index (κ3) is 7.41. The van der Waals surface area contributed by atoms with Crippen LogP contribution in [0.2, 0.25) is 5.02 Å². The molecule has 4 rings (SSSR count). The topological polar surface area (TPSA) is 142 Å². The fourth-order valence-electron chi connectivity index (χ4n) is 3.37. The van der Waals surface area contributed by atoms with E-state index in [0.717, 1.165) is 24.3 Å². The zero-order chi connectivity index (χ0) is 26.1. The third-order valence-electron chi connectivity index (χ3n) is 5.13. The van der Waals surface area contributed by atoms with Crippen molar-refractivity contribution in [3.05, 3.63) is 87.2 Å². The van der Waals surface area contributed by atoms with Crippen LogP contribution in [0.5, 0.6) is 0 Å². The van der Waals surface area contributed by atoms with Crippen LogP contribution in [0.15, 0.2) is 59.8 Å². The number of rotatable bonds is 8. The summed E-state index contributed by atoms with van der Waals surface area (Å²) in [4.78, 5) is 45.8. The Morgan fingerprint density at radius 2 is 1.86 bits per heavy atom. The van der Waals surface area contributed by atoms with E-state index in [4.69, 9.17) is 21.5 Å². The van der Waals surface area contributed by atoms with Crippen LogP contribution in [0.25, 0.3) is 11.0 Å². The van der Waals surface area contributed by atoms with Crippen LogP contribution in [-0.2, 0) is 29.1 Å². The standard InChI is InChI=1S/C23H23ClN6O2.C2H4O2/c1-15-10-27-22(25-8-7-16-5-3-2-4-6-16)23(32)30(15)14-20(31)26-11-17-9-18-19(24)13-29-21(18)28-12-17;1-2(3)4/h2-6,9-10,12-13H,7-8,11,14H2,1H3,(H,25,27)(H,26,31)(H,28,29);1H3,(H,3,4). The van der Waals surface area contributed by atoms with Gasteiger partial charge in [-0.1, -0.05) is 41.9 Å². The molecule has 0 aliphatic heterocycles. The number of fused-ring (bicyclic) bond motifs is 1. The van der Waals surface area contributed by atoms with Gasteiger partial charge in [0.25, 0.3) is 11.5 Å². The summed E-state index contributed by atoms with van der Waals surface area (Å²) in [5.74, 6) is -0.881. The second kappa shape index (κ2) is 12.5.